The number of aromatic nitrogens is 2. The van der Waals surface area contributed by atoms with Gasteiger partial charge in [0.2, 0.25) is 5.91 Å². The lowest BCUT2D eigenvalue weighted by Gasteiger charge is -1.98. The number of nitrogens with one attached hydrogen (secondary N) is 1. The van der Waals surface area contributed by atoms with Crippen molar-refractivity contribution in [3.8, 4) is 9.88 Å². The molecule has 0 saturated heterocycles. The molecule has 3 aromatic heterocycles. The van der Waals surface area contributed by atoms with Crippen LogP contribution in [0.3, 0.4) is 0 Å². The maximum absolute atomic E-state index is 12.0. The lowest BCUT2D eigenvalue weighted by atomic mass is 10.3. The molecule has 3 aromatic rings. The summed E-state index contributed by atoms with van der Waals surface area (Å²) < 4.78 is 0. The van der Waals surface area contributed by atoms with Gasteiger partial charge in [-0.15, -0.1) is 34.0 Å². The first-order valence-corrected chi connectivity index (χ1v) is 8.91. The van der Waals surface area contributed by atoms with Gasteiger partial charge in [0, 0.05) is 10.3 Å². The Hall–Kier alpha value is -1.57. The number of aryl methyl sites for hydroxylation is 2. The Labute approximate surface area is 134 Å². The summed E-state index contributed by atoms with van der Waals surface area (Å²) in [6.45, 7) is 3.94. The first-order chi connectivity index (χ1) is 10.1. The molecule has 21 heavy (non-hydrogen) atoms. The quantitative estimate of drug-likeness (QED) is 0.780. The zero-order valence-electron chi connectivity index (χ0n) is 11.5. The molecule has 4 nitrogen and oxygen atoms in total. The van der Waals surface area contributed by atoms with Gasteiger partial charge in [-0.25, -0.2) is 9.97 Å². The van der Waals surface area contributed by atoms with E-state index in [4.69, 9.17) is 0 Å². The van der Waals surface area contributed by atoms with Crippen molar-refractivity contribution in [1.82, 2.24) is 9.97 Å². The molecule has 108 valence electrons. The van der Waals surface area contributed by atoms with Crippen LogP contribution >= 0.6 is 34.0 Å². The van der Waals surface area contributed by atoms with Crippen LogP contribution in [0.15, 0.2) is 22.9 Å². The molecule has 0 fully saturated rings. The average Bonchev–Trinajstić information content (AvgIpc) is 3.12. The SMILES string of the molecule is Cc1nc(NC(=O)Cc2csc(-c3cccs3)n2)sc1C. The molecule has 0 aliphatic heterocycles. The van der Waals surface area contributed by atoms with Crippen LogP contribution in [0.25, 0.3) is 9.88 Å². The number of hydrogen-bond donors (Lipinski definition) is 1. The molecule has 3 heterocycles. The molecule has 0 aromatic carbocycles. The van der Waals surface area contributed by atoms with Crippen LogP contribution in [-0.4, -0.2) is 15.9 Å². The number of amides is 1. The first-order valence-electron chi connectivity index (χ1n) is 6.34. The minimum atomic E-state index is -0.0771. The Morgan fingerprint density at radius 3 is 2.81 bits per heavy atom. The lowest BCUT2D eigenvalue weighted by Crippen LogP contribution is -2.14. The van der Waals surface area contributed by atoms with E-state index in [1.165, 1.54) is 11.3 Å². The molecule has 0 atom stereocenters. The van der Waals surface area contributed by atoms with Crippen LogP contribution in [0.2, 0.25) is 0 Å². The van der Waals surface area contributed by atoms with Crippen molar-refractivity contribution < 1.29 is 4.79 Å². The van der Waals surface area contributed by atoms with Crippen LogP contribution in [0.4, 0.5) is 5.13 Å². The molecule has 0 aliphatic rings. The van der Waals surface area contributed by atoms with E-state index in [0.29, 0.717) is 5.13 Å². The normalized spacial score (nSPS) is 10.8. The van der Waals surface area contributed by atoms with Gasteiger partial charge in [0.05, 0.1) is 22.7 Å². The Morgan fingerprint density at radius 2 is 2.14 bits per heavy atom. The van der Waals surface area contributed by atoms with Crippen LogP contribution in [0, 0.1) is 13.8 Å². The highest BCUT2D eigenvalue weighted by molar-refractivity contribution is 7.20. The van der Waals surface area contributed by atoms with Crippen LogP contribution in [0.5, 0.6) is 0 Å². The van der Waals surface area contributed by atoms with Gasteiger partial charge in [-0.3, -0.25) is 4.79 Å². The van der Waals surface area contributed by atoms with Crippen molar-refractivity contribution in [3.63, 3.8) is 0 Å². The van der Waals surface area contributed by atoms with Crippen molar-refractivity contribution in [3.05, 3.63) is 39.2 Å². The summed E-state index contributed by atoms with van der Waals surface area (Å²) >= 11 is 4.72. The standard InChI is InChI=1S/C14H13N3OS3/c1-8-9(2)21-14(15-8)17-12(18)6-10-7-20-13(16-10)11-4-3-5-19-11/h3-5,7H,6H2,1-2H3,(H,15,17,18). The van der Waals surface area contributed by atoms with Crippen molar-refractivity contribution >= 4 is 45.0 Å². The molecule has 7 heteroatoms. The number of nitrogens with zero attached hydrogens (tertiary/aromatic N) is 2. The Balaban J connectivity index is 1.65. The molecule has 0 aliphatic carbocycles. The van der Waals surface area contributed by atoms with Crippen LogP contribution in [-0.2, 0) is 11.2 Å². The molecule has 0 unspecified atom stereocenters. The van der Waals surface area contributed by atoms with Crippen LogP contribution < -0.4 is 5.32 Å². The Kier molecular flexibility index (Phi) is 4.14. The van der Waals surface area contributed by atoms with Gasteiger partial charge >= 0.3 is 0 Å². The summed E-state index contributed by atoms with van der Waals surface area (Å²) in [5, 5.41) is 8.42. The summed E-state index contributed by atoms with van der Waals surface area (Å²) in [5.41, 5.74) is 1.76. The number of anilines is 1. The Morgan fingerprint density at radius 1 is 1.29 bits per heavy atom. The molecule has 0 spiro atoms. The smallest absolute Gasteiger partial charge is 0.232 e. The first kappa shape index (κ1) is 14.4. The number of carbonyl (C=O) groups excluding carboxylic acids is 1. The van der Waals surface area contributed by atoms with Crippen molar-refractivity contribution in [2.75, 3.05) is 5.32 Å². The highest BCUT2D eigenvalue weighted by Crippen LogP contribution is 2.28. The summed E-state index contributed by atoms with van der Waals surface area (Å²) in [7, 11) is 0. The number of thiazole rings is 2. The second kappa shape index (κ2) is 6.05. The van der Waals surface area contributed by atoms with Gasteiger partial charge in [-0.05, 0) is 25.3 Å². The number of carbonyl (C=O) groups is 1. The van der Waals surface area contributed by atoms with Gasteiger partial charge in [0.15, 0.2) is 5.13 Å². The molecule has 1 N–H and O–H groups in total. The third-order valence-corrected chi connectivity index (χ3v) is 5.82. The second-order valence-corrected chi connectivity index (χ2v) is 7.52. The maximum atomic E-state index is 12.0. The summed E-state index contributed by atoms with van der Waals surface area (Å²) in [6.07, 6.45) is 0.277. The number of thiophene rings is 1. The zero-order chi connectivity index (χ0) is 14.8. The minimum Gasteiger partial charge on any atom is -0.302 e. The van der Waals surface area contributed by atoms with E-state index in [-0.39, 0.29) is 12.3 Å². The van der Waals surface area contributed by atoms with E-state index in [1.54, 1.807) is 22.7 Å². The highest BCUT2D eigenvalue weighted by atomic mass is 32.1. The van der Waals surface area contributed by atoms with E-state index >= 15 is 0 Å². The van der Waals surface area contributed by atoms with E-state index in [9.17, 15) is 4.79 Å². The summed E-state index contributed by atoms with van der Waals surface area (Å²) in [5.74, 6) is -0.0771. The van der Waals surface area contributed by atoms with Gasteiger partial charge in [0.25, 0.3) is 0 Å². The predicted octanol–water partition coefficient (Wildman–Crippen LogP) is 4.13. The average molecular weight is 335 g/mol. The summed E-state index contributed by atoms with van der Waals surface area (Å²) in [4.78, 5) is 23.1. The molecular formula is C14H13N3OS3. The number of rotatable bonds is 4. The second-order valence-electron chi connectivity index (χ2n) is 4.51. The lowest BCUT2D eigenvalue weighted by molar-refractivity contribution is -0.115. The van der Waals surface area contributed by atoms with Crippen molar-refractivity contribution in [2.45, 2.75) is 20.3 Å². The van der Waals surface area contributed by atoms with Gasteiger partial charge in [0.1, 0.15) is 5.01 Å². The molecular weight excluding hydrogens is 322 g/mol. The van der Waals surface area contributed by atoms with E-state index in [1.807, 2.05) is 36.7 Å². The summed E-state index contributed by atoms with van der Waals surface area (Å²) in [6, 6.07) is 4.04. The zero-order valence-corrected chi connectivity index (χ0v) is 14.0. The van der Waals surface area contributed by atoms with Gasteiger partial charge in [-0.1, -0.05) is 6.07 Å². The van der Waals surface area contributed by atoms with Gasteiger partial charge < -0.3 is 5.32 Å². The Bertz CT molecular complexity index is 739. The predicted molar refractivity (Wildman–Crippen MR) is 89.3 cm³/mol. The van der Waals surface area contributed by atoms with Crippen molar-refractivity contribution in [1.29, 1.82) is 0 Å². The van der Waals surface area contributed by atoms with Gasteiger partial charge in [-0.2, -0.15) is 0 Å². The monoisotopic (exact) mass is 335 g/mol. The molecule has 1 amide bonds. The maximum Gasteiger partial charge on any atom is 0.232 e. The molecule has 0 radical (unpaired) electrons. The highest BCUT2D eigenvalue weighted by Gasteiger charge is 2.12. The fourth-order valence-electron chi connectivity index (χ4n) is 1.76. The number of hydrogen-bond acceptors (Lipinski definition) is 6. The van der Waals surface area contributed by atoms with Crippen LogP contribution in [0.1, 0.15) is 16.3 Å². The minimum absolute atomic E-state index is 0.0771. The fourth-order valence-corrected chi connectivity index (χ4v) is 4.22. The third kappa shape index (κ3) is 3.37. The van der Waals surface area contributed by atoms with E-state index in [0.717, 1.165) is 26.1 Å². The van der Waals surface area contributed by atoms with Crippen molar-refractivity contribution in [2.24, 2.45) is 0 Å². The third-order valence-electron chi connectivity index (χ3n) is 2.90. The topological polar surface area (TPSA) is 54.9 Å². The van der Waals surface area contributed by atoms with E-state index in [2.05, 4.69) is 15.3 Å². The molecule has 0 bridgehead atoms. The van der Waals surface area contributed by atoms with E-state index < -0.39 is 0 Å². The molecule has 0 saturated carbocycles. The molecule has 3 rings (SSSR count). The largest absolute Gasteiger partial charge is 0.302 e. The fraction of sp³-hybridized carbons (Fsp3) is 0.214.